The van der Waals surface area contributed by atoms with Crippen LogP contribution in [0.2, 0.25) is 0 Å². The van der Waals surface area contributed by atoms with Crippen LogP contribution in [-0.2, 0) is 4.79 Å². The summed E-state index contributed by atoms with van der Waals surface area (Å²) in [6.45, 7) is 0. The highest BCUT2D eigenvalue weighted by atomic mass is 32.2. The molecule has 1 aromatic heterocycles. The minimum absolute atomic E-state index is 0.0277. The van der Waals surface area contributed by atoms with Crippen molar-refractivity contribution in [3.05, 3.63) is 91.0 Å². The van der Waals surface area contributed by atoms with Crippen LogP contribution in [0.5, 0.6) is 11.5 Å². The number of methoxy groups -OCH3 is 2. The number of hydrogen-bond acceptors (Lipinski definition) is 5. The molecule has 0 saturated heterocycles. The molecule has 0 aliphatic heterocycles. The third kappa shape index (κ3) is 5.78. The van der Waals surface area contributed by atoms with Gasteiger partial charge in [0.1, 0.15) is 11.5 Å². The summed E-state index contributed by atoms with van der Waals surface area (Å²) in [4.78, 5) is 20.9. The summed E-state index contributed by atoms with van der Waals surface area (Å²) in [6.07, 6.45) is 0.369. The third-order valence-corrected chi connectivity index (χ3v) is 6.90. The lowest BCUT2D eigenvalue weighted by atomic mass is 10.0. The number of benzene rings is 4. The predicted molar refractivity (Wildman–Crippen MR) is 150 cm³/mol. The molecule has 0 atom stereocenters. The molecule has 0 radical (unpaired) electrons. The molecule has 0 fully saturated rings. The number of carbonyl (C=O) groups excluding carboxylic acids is 1. The number of aromatic amines is 1. The Morgan fingerprint density at radius 2 is 1.49 bits per heavy atom. The van der Waals surface area contributed by atoms with E-state index in [0.29, 0.717) is 12.2 Å². The van der Waals surface area contributed by atoms with Gasteiger partial charge < -0.3 is 19.8 Å². The van der Waals surface area contributed by atoms with Crippen molar-refractivity contribution in [3.8, 4) is 34.0 Å². The van der Waals surface area contributed by atoms with Crippen molar-refractivity contribution in [2.75, 3.05) is 25.3 Å². The molecule has 0 unspecified atom stereocenters. The highest BCUT2D eigenvalue weighted by Gasteiger charge is 2.15. The highest BCUT2D eigenvalue weighted by Crippen LogP contribution is 2.34. The molecule has 1 amide bonds. The van der Waals surface area contributed by atoms with E-state index in [9.17, 15) is 4.79 Å². The smallest absolute Gasteiger partial charge is 0.225 e. The molecular weight excluding hydrogens is 482 g/mol. The summed E-state index contributed by atoms with van der Waals surface area (Å²) in [5, 5.41) is 6.01. The van der Waals surface area contributed by atoms with E-state index in [4.69, 9.17) is 14.5 Å². The lowest BCUT2D eigenvalue weighted by molar-refractivity contribution is -0.115. The Bertz CT molecular complexity index is 1450. The zero-order chi connectivity index (χ0) is 25.6. The van der Waals surface area contributed by atoms with Crippen LogP contribution in [-0.4, -0.2) is 35.8 Å². The average Bonchev–Trinajstić information content (AvgIpc) is 3.37. The maximum atomic E-state index is 12.6. The number of nitrogens with zero attached hydrogens (tertiary/aromatic N) is 1. The van der Waals surface area contributed by atoms with E-state index in [1.54, 1.807) is 14.2 Å². The lowest BCUT2D eigenvalue weighted by Gasteiger charge is -2.06. The largest absolute Gasteiger partial charge is 0.497 e. The molecule has 4 aromatic carbocycles. The Hall–Kier alpha value is -4.23. The first kappa shape index (κ1) is 24.5. The normalized spacial score (nSPS) is 10.9. The number of amides is 1. The quantitative estimate of drug-likeness (QED) is 0.209. The van der Waals surface area contributed by atoms with Crippen molar-refractivity contribution in [3.63, 3.8) is 0 Å². The van der Waals surface area contributed by atoms with Gasteiger partial charge in [-0.05, 0) is 71.4 Å². The zero-order valence-corrected chi connectivity index (χ0v) is 21.5. The SMILES string of the molecule is COc1ccc(-c2nc(SCCC(=O)Nc3ccc4ccccc4c3)[nH]c2-c2ccc(OC)cc2)cc1. The van der Waals surface area contributed by atoms with E-state index in [1.807, 2.05) is 84.9 Å². The summed E-state index contributed by atoms with van der Waals surface area (Å²) in [5.41, 5.74) is 4.53. The Balaban J connectivity index is 1.29. The van der Waals surface area contributed by atoms with Crippen molar-refractivity contribution in [2.24, 2.45) is 0 Å². The number of carbonyl (C=O) groups is 1. The van der Waals surface area contributed by atoms with Gasteiger partial charge in [-0.1, -0.05) is 42.1 Å². The van der Waals surface area contributed by atoms with Crippen LogP contribution in [0, 0.1) is 0 Å². The molecule has 0 aliphatic rings. The van der Waals surface area contributed by atoms with Gasteiger partial charge in [-0.25, -0.2) is 4.98 Å². The fourth-order valence-corrected chi connectivity index (χ4v) is 4.89. The second kappa shape index (κ2) is 11.2. The predicted octanol–water partition coefficient (Wildman–Crippen LogP) is 7.04. The molecular formula is C30H27N3O3S. The minimum atomic E-state index is -0.0277. The van der Waals surface area contributed by atoms with Crippen LogP contribution in [0.4, 0.5) is 5.69 Å². The number of imidazole rings is 1. The number of H-pyrrole nitrogens is 1. The van der Waals surface area contributed by atoms with Gasteiger partial charge in [0.25, 0.3) is 0 Å². The van der Waals surface area contributed by atoms with Crippen molar-refractivity contribution in [2.45, 2.75) is 11.6 Å². The van der Waals surface area contributed by atoms with Crippen LogP contribution >= 0.6 is 11.8 Å². The van der Waals surface area contributed by atoms with Crippen molar-refractivity contribution >= 4 is 34.1 Å². The van der Waals surface area contributed by atoms with Crippen molar-refractivity contribution in [1.29, 1.82) is 0 Å². The van der Waals surface area contributed by atoms with Gasteiger partial charge in [-0.3, -0.25) is 4.79 Å². The summed E-state index contributed by atoms with van der Waals surface area (Å²) >= 11 is 1.52. The number of nitrogens with one attached hydrogen (secondary N) is 2. The first-order valence-electron chi connectivity index (χ1n) is 11.9. The maximum absolute atomic E-state index is 12.6. The number of hydrogen-bond donors (Lipinski definition) is 2. The number of ether oxygens (including phenoxy) is 2. The number of aromatic nitrogens is 2. The molecule has 6 nitrogen and oxygen atoms in total. The highest BCUT2D eigenvalue weighted by molar-refractivity contribution is 7.99. The van der Waals surface area contributed by atoms with Gasteiger partial charge in [0.2, 0.25) is 5.91 Å². The van der Waals surface area contributed by atoms with Gasteiger partial charge in [-0.15, -0.1) is 0 Å². The second-order valence-electron chi connectivity index (χ2n) is 8.43. The summed E-state index contributed by atoms with van der Waals surface area (Å²) in [6, 6.07) is 29.7. The summed E-state index contributed by atoms with van der Waals surface area (Å²) in [5.74, 6) is 2.15. The number of anilines is 1. The molecule has 0 spiro atoms. The summed E-state index contributed by atoms with van der Waals surface area (Å²) < 4.78 is 10.6. The zero-order valence-electron chi connectivity index (χ0n) is 20.7. The maximum Gasteiger partial charge on any atom is 0.225 e. The number of fused-ring (bicyclic) bond motifs is 1. The van der Waals surface area contributed by atoms with E-state index in [2.05, 4.69) is 16.4 Å². The Labute approximate surface area is 220 Å². The van der Waals surface area contributed by atoms with Crippen LogP contribution in [0.15, 0.2) is 96.2 Å². The van der Waals surface area contributed by atoms with Gasteiger partial charge in [0.15, 0.2) is 5.16 Å². The number of rotatable bonds is 9. The molecule has 7 heteroatoms. The fraction of sp³-hybridized carbons (Fsp3) is 0.133. The third-order valence-electron chi connectivity index (χ3n) is 6.03. The van der Waals surface area contributed by atoms with E-state index >= 15 is 0 Å². The van der Waals surface area contributed by atoms with E-state index in [-0.39, 0.29) is 5.91 Å². The Morgan fingerprint density at radius 1 is 0.838 bits per heavy atom. The van der Waals surface area contributed by atoms with Gasteiger partial charge in [0.05, 0.1) is 25.6 Å². The monoisotopic (exact) mass is 509 g/mol. The second-order valence-corrected chi connectivity index (χ2v) is 9.51. The summed E-state index contributed by atoms with van der Waals surface area (Å²) in [7, 11) is 3.30. The first-order valence-corrected chi connectivity index (χ1v) is 12.9. The topological polar surface area (TPSA) is 76.2 Å². The minimum Gasteiger partial charge on any atom is -0.497 e. The average molecular weight is 510 g/mol. The molecule has 37 heavy (non-hydrogen) atoms. The Kier molecular flexibility index (Phi) is 7.42. The van der Waals surface area contributed by atoms with Gasteiger partial charge >= 0.3 is 0 Å². The molecule has 0 aliphatic carbocycles. The molecule has 186 valence electrons. The molecule has 0 bridgehead atoms. The molecule has 2 N–H and O–H groups in total. The molecule has 5 rings (SSSR count). The Morgan fingerprint density at radius 3 is 2.16 bits per heavy atom. The van der Waals surface area contributed by atoms with Crippen LogP contribution < -0.4 is 14.8 Å². The van der Waals surface area contributed by atoms with E-state index < -0.39 is 0 Å². The molecule has 0 saturated carbocycles. The van der Waals surface area contributed by atoms with Gasteiger partial charge in [-0.2, -0.15) is 0 Å². The molecule has 5 aromatic rings. The fourth-order valence-electron chi connectivity index (χ4n) is 4.08. The standard InChI is InChI=1S/C30H27N3O3S/c1-35-25-13-8-21(9-14-25)28-29(22-10-15-26(36-2)16-11-22)33-30(32-28)37-18-17-27(34)31-24-12-7-20-5-3-4-6-23(20)19-24/h3-16,19H,17-18H2,1-2H3,(H,31,34)(H,32,33). The van der Waals surface area contributed by atoms with Crippen LogP contribution in [0.1, 0.15) is 6.42 Å². The van der Waals surface area contributed by atoms with E-state index in [1.165, 1.54) is 11.8 Å². The van der Waals surface area contributed by atoms with Crippen LogP contribution in [0.25, 0.3) is 33.3 Å². The van der Waals surface area contributed by atoms with Crippen molar-refractivity contribution < 1.29 is 14.3 Å². The van der Waals surface area contributed by atoms with Crippen molar-refractivity contribution in [1.82, 2.24) is 9.97 Å². The van der Waals surface area contributed by atoms with Gasteiger partial charge in [0, 0.05) is 29.0 Å². The number of thioether (sulfide) groups is 1. The first-order chi connectivity index (χ1) is 18.1. The van der Waals surface area contributed by atoms with Crippen LogP contribution in [0.3, 0.4) is 0 Å². The molecule has 1 heterocycles. The van der Waals surface area contributed by atoms with E-state index in [0.717, 1.165) is 55.6 Å². The lowest BCUT2D eigenvalue weighted by Crippen LogP contribution is -2.12.